The molecule has 126 valence electrons. The summed E-state index contributed by atoms with van der Waals surface area (Å²) >= 11 is 12.0. The van der Waals surface area contributed by atoms with Crippen LogP contribution in [0.25, 0.3) is 0 Å². The highest BCUT2D eigenvalue weighted by atomic mass is 35.5. The number of hydrogen-bond acceptors (Lipinski definition) is 2. The van der Waals surface area contributed by atoms with Crippen LogP contribution in [-0.4, -0.2) is 18.4 Å². The van der Waals surface area contributed by atoms with Gasteiger partial charge >= 0.3 is 0 Å². The van der Waals surface area contributed by atoms with Crippen molar-refractivity contribution in [3.05, 3.63) is 63.6 Å². The maximum atomic E-state index is 12.0. The van der Waals surface area contributed by atoms with Crippen molar-refractivity contribution in [3.8, 4) is 0 Å². The largest absolute Gasteiger partial charge is 0.366 e. The number of carbonyl (C=O) groups excluding carboxylic acids is 2. The van der Waals surface area contributed by atoms with Crippen LogP contribution in [0.15, 0.2) is 42.5 Å². The van der Waals surface area contributed by atoms with Crippen LogP contribution < -0.4 is 16.4 Å². The van der Waals surface area contributed by atoms with E-state index in [0.717, 1.165) is 5.56 Å². The van der Waals surface area contributed by atoms with Crippen LogP contribution in [0.4, 0.5) is 5.69 Å². The van der Waals surface area contributed by atoms with Crippen LogP contribution in [0.3, 0.4) is 0 Å². The molecule has 0 unspecified atom stereocenters. The second-order valence-corrected chi connectivity index (χ2v) is 6.23. The van der Waals surface area contributed by atoms with Gasteiger partial charge in [-0.1, -0.05) is 29.3 Å². The highest BCUT2D eigenvalue weighted by molar-refractivity contribution is 6.35. The second kappa shape index (κ2) is 8.15. The van der Waals surface area contributed by atoms with Crippen LogP contribution >= 0.6 is 23.2 Å². The average Bonchev–Trinajstić information content (AvgIpc) is 2.53. The first-order valence-electron chi connectivity index (χ1n) is 7.35. The van der Waals surface area contributed by atoms with E-state index in [1.165, 1.54) is 0 Å². The van der Waals surface area contributed by atoms with Crippen LogP contribution in [0, 0.1) is 0 Å². The minimum atomic E-state index is -0.505. The molecule has 1 atom stereocenters. The SMILES string of the molecule is C[C@@H]([NH2+]CC(=O)Nc1ccc(C(N)=O)cc1)c1ccc(Cl)cc1Cl. The van der Waals surface area contributed by atoms with E-state index in [1.807, 2.05) is 18.3 Å². The van der Waals surface area contributed by atoms with E-state index in [9.17, 15) is 9.59 Å². The number of anilines is 1. The molecule has 5 nitrogen and oxygen atoms in total. The summed E-state index contributed by atoms with van der Waals surface area (Å²) in [7, 11) is 0. The van der Waals surface area contributed by atoms with Crippen molar-refractivity contribution in [1.82, 2.24) is 0 Å². The van der Waals surface area contributed by atoms with Crippen LogP contribution in [0.1, 0.15) is 28.9 Å². The molecule has 0 saturated carbocycles. The topological polar surface area (TPSA) is 88.8 Å². The Morgan fingerprint density at radius 2 is 1.83 bits per heavy atom. The number of carbonyl (C=O) groups is 2. The molecule has 0 bridgehead atoms. The predicted octanol–water partition coefficient (Wildman–Crippen LogP) is 2.36. The third-order valence-electron chi connectivity index (χ3n) is 3.56. The zero-order valence-corrected chi connectivity index (χ0v) is 14.6. The van der Waals surface area contributed by atoms with Gasteiger partial charge in [-0.05, 0) is 43.3 Å². The maximum absolute atomic E-state index is 12.0. The number of halogens is 2. The van der Waals surface area contributed by atoms with E-state index in [-0.39, 0.29) is 18.5 Å². The normalized spacial score (nSPS) is 11.8. The lowest BCUT2D eigenvalue weighted by atomic mass is 10.1. The standard InChI is InChI=1S/C17H17Cl2N3O2/c1-10(14-7-4-12(18)8-15(14)19)21-9-16(23)22-13-5-2-11(3-6-13)17(20)24/h2-8,10,21H,9H2,1H3,(H2,20,24)(H,22,23)/p+1/t10-/m1/s1. The minimum absolute atomic E-state index is 0.0118. The maximum Gasteiger partial charge on any atom is 0.279 e. The molecule has 0 fully saturated rings. The molecule has 0 aromatic heterocycles. The van der Waals surface area contributed by atoms with Crippen molar-refractivity contribution in [2.75, 3.05) is 11.9 Å². The van der Waals surface area contributed by atoms with Crippen LogP contribution in [0.2, 0.25) is 10.0 Å². The van der Waals surface area contributed by atoms with Gasteiger partial charge in [0, 0.05) is 21.8 Å². The molecule has 0 aliphatic carbocycles. The number of rotatable bonds is 6. The van der Waals surface area contributed by atoms with Gasteiger partial charge in [0.1, 0.15) is 6.04 Å². The highest BCUT2D eigenvalue weighted by Gasteiger charge is 2.15. The Kier molecular flexibility index (Phi) is 6.20. The van der Waals surface area contributed by atoms with Gasteiger partial charge in [-0.3, -0.25) is 9.59 Å². The minimum Gasteiger partial charge on any atom is -0.366 e. The first-order chi connectivity index (χ1) is 11.4. The molecule has 2 rings (SSSR count). The van der Waals surface area contributed by atoms with Crippen molar-refractivity contribution in [2.24, 2.45) is 5.73 Å². The number of hydrogen-bond donors (Lipinski definition) is 3. The number of benzene rings is 2. The molecule has 2 amide bonds. The molecule has 0 radical (unpaired) electrons. The molecule has 24 heavy (non-hydrogen) atoms. The van der Waals surface area contributed by atoms with E-state index >= 15 is 0 Å². The summed E-state index contributed by atoms with van der Waals surface area (Å²) in [5, 5.41) is 5.79. The number of amides is 2. The Morgan fingerprint density at radius 1 is 1.17 bits per heavy atom. The zero-order chi connectivity index (χ0) is 17.7. The van der Waals surface area contributed by atoms with E-state index in [0.29, 0.717) is 21.3 Å². The molecular formula is C17H18Cl2N3O2+. The number of nitrogens with two attached hydrogens (primary N) is 2. The lowest BCUT2D eigenvalue weighted by Gasteiger charge is -2.13. The molecule has 2 aromatic rings. The summed E-state index contributed by atoms with van der Waals surface area (Å²) in [6.07, 6.45) is 0. The number of primary amides is 1. The smallest absolute Gasteiger partial charge is 0.279 e. The first-order valence-corrected chi connectivity index (χ1v) is 8.10. The molecule has 0 aliphatic rings. The second-order valence-electron chi connectivity index (χ2n) is 5.38. The predicted molar refractivity (Wildman–Crippen MR) is 95.3 cm³/mol. The lowest BCUT2D eigenvalue weighted by molar-refractivity contribution is -0.682. The van der Waals surface area contributed by atoms with E-state index < -0.39 is 5.91 Å². The third-order valence-corrected chi connectivity index (χ3v) is 4.13. The fourth-order valence-electron chi connectivity index (χ4n) is 2.21. The molecular weight excluding hydrogens is 349 g/mol. The monoisotopic (exact) mass is 366 g/mol. The van der Waals surface area contributed by atoms with Crippen molar-refractivity contribution in [1.29, 1.82) is 0 Å². The first kappa shape index (κ1) is 18.3. The van der Waals surface area contributed by atoms with Gasteiger partial charge in [0.2, 0.25) is 5.91 Å². The van der Waals surface area contributed by atoms with Crippen molar-refractivity contribution < 1.29 is 14.9 Å². The van der Waals surface area contributed by atoms with Gasteiger partial charge in [0.15, 0.2) is 6.54 Å². The molecule has 5 N–H and O–H groups in total. The van der Waals surface area contributed by atoms with Crippen molar-refractivity contribution in [3.63, 3.8) is 0 Å². The Bertz CT molecular complexity index is 748. The van der Waals surface area contributed by atoms with E-state index in [2.05, 4.69) is 5.32 Å². The Balaban J connectivity index is 1.89. The summed E-state index contributed by atoms with van der Waals surface area (Å²) < 4.78 is 0. The van der Waals surface area contributed by atoms with Gasteiger partial charge in [0.05, 0.1) is 5.02 Å². The summed E-state index contributed by atoms with van der Waals surface area (Å²) in [5.41, 5.74) is 7.09. The third kappa shape index (κ3) is 4.96. The molecule has 0 heterocycles. The van der Waals surface area contributed by atoms with Crippen LogP contribution in [0.5, 0.6) is 0 Å². The van der Waals surface area contributed by atoms with Crippen molar-refractivity contribution in [2.45, 2.75) is 13.0 Å². The Hall–Kier alpha value is -2.08. The average molecular weight is 367 g/mol. The fraction of sp³-hybridized carbons (Fsp3) is 0.176. The van der Waals surface area contributed by atoms with Crippen molar-refractivity contribution >= 4 is 40.7 Å². The molecule has 0 saturated heterocycles. The van der Waals surface area contributed by atoms with Crippen LogP contribution in [-0.2, 0) is 4.79 Å². The quantitative estimate of drug-likeness (QED) is 0.732. The molecule has 0 spiro atoms. The molecule has 0 aliphatic heterocycles. The molecule has 7 heteroatoms. The summed E-state index contributed by atoms with van der Waals surface area (Å²) in [6, 6.07) is 11.7. The summed E-state index contributed by atoms with van der Waals surface area (Å²) in [5.74, 6) is -0.659. The Labute approximate surface area is 150 Å². The summed E-state index contributed by atoms with van der Waals surface area (Å²) in [6.45, 7) is 2.20. The molecule has 2 aromatic carbocycles. The van der Waals surface area contributed by atoms with Gasteiger partial charge in [-0.25, -0.2) is 0 Å². The lowest BCUT2D eigenvalue weighted by Crippen LogP contribution is -2.86. The van der Waals surface area contributed by atoms with Gasteiger partial charge in [0.25, 0.3) is 5.91 Å². The fourth-order valence-corrected chi connectivity index (χ4v) is 2.79. The highest BCUT2D eigenvalue weighted by Crippen LogP contribution is 2.24. The summed E-state index contributed by atoms with van der Waals surface area (Å²) in [4.78, 5) is 23.0. The van der Waals surface area contributed by atoms with Gasteiger partial charge < -0.3 is 16.4 Å². The number of quaternary nitrogens is 1. The number of nitrogens with one attached hydrogen (secondary N) is 1. The van der Waals surface area contributed by atoms with Gasteiger partial charge in [-0.15, -0.1) is 0 Å². The van der Waals surface area contributed by atoms with E-state index in [4.69, 9.17) is 28.9 Å². The van der Waals surface area contributed by atoms with E-state index in [1.54, 1.807) is 36.4 Å². The Morgan fingerprint density at radius 3 is 2.42 bits per heavy atom. The van der Waals surface area contributed by atoms with Gasteiger partial charge in [-0.2, -0.15) is 0 Å². The zero-order valence-electron chi connectivity index (χ0n) is 13.1.